The number of carbonyl (C=O) groups is 1. The SMILES string of the molecule is O=C1CCCCC1.SC1CCCCC1. The normalized spacial score (nSPS) is 23.9. The van der Waals surface area contributed by atoms with Crippen LogP contribution < -0.4 is 0 Å². The van der Waals surface area contributed by atoms with Crippen molar-refractivity contribution in [2.75, 3.05) is 0 Å². The predicted molar refractivity (Wildman–Crippen MR) is 64.0 cm³/mol. The van der Waals surface area contributed by atoms with E-state index in [1.807, 2.05) is 0 Å². The summed E-state index contributed by atoms with van der Waals surface area (Å²) < 4.78 is 0. The number of thiol groups is 1. The molecule has 2 aliphatic carbocycles. The van der Waals surface area contributed by atoms with Crippen molar-refractivity contribution in [2.24, 2.45) is 0 Å². The minimum Gasteiger partial charge on any atom is -0.300 e. The molecular formula is C12H22OS. The number of hydrogen-bond donors (Lipinski definition) is 1. The molecule has 0 saturated heterocycles. The van der Waals surface area contributed by atoms with Gasteiger partial charge in [-0.1, -0.05) is 25.7 Å². The predicted octanol–water partition coefficient (Wildman–Crippen LogP) is 3.77. The average molecular weight is 214 g/mol. The van der Waals surface area contributed by atoms with E-state index in [1.54, 1.807) is 0 Å². The maximum absolute atomic E-state index is 10.5. The summed E-state index contributed by atoms with van der Waals surface area (Å²) in [5.41, 5.74) is 0. The zero-order valence-electron chi connectivity index (χ0n) is 9.00. The minimum atomic E-state index is 0.464. The average Bonchev–Trinajstić information content (AvgIpc) is 2.21. The third kappa shape index (κ3) is 5.69. The molecule has 0 atom stereocenters. The van der Waals surface area contributed by atoms with Gasteiger partial charge < -0.3 is 0 Å². The van der Waals surface area contributed by atoms with Crippen molar-refractivity contribution < 1.29 is 4.79 Å². The molecule has 0 N–H and O–H groups in total. The van der Waals surface area contributed by atoms with Crippen LogP contribution in [0.5, 0.6) is 0 Å². The molecule has 2 fully saturated rings. The fraction of sp³-hybridized carbons (Fsp3) is 0.917. The molecule has 0 aromatic rings. The van der Waals surface area contributed by atoms with Gasteiger partial charge in [0, 0.05) is 18.1 Å². The highest BCUT2D eigenvalue weighted by molar-refractivity contribution is 7.80. The Bertz CT molecular complexity index is 154. The molecule has 1 nitrogen and oxygen atoms in total. The van der Waals surface area contributed by atoms with Gasteiger partial charge in [0.05, 0.1) is 0 Å². The molecule has 82 valence electrons. The van der Waals surface area contributed by atoms with Crippen LogP contribution in [0.15, 0.2) is 0 Å². The molecular weight excluding hydrogens is 192 g/mol. The number of Topliss-reactive ketones (excluding diaryl/α,β-unsaturated/α-hetero) is 1. The van der Waals surface area contributed by atoms with Crippen LogP contribution in [0.25, 0.3) is 0 Å². The zero-order valence-corrected chi connectivity index (χ0v) is 9.90. The lowest BCUT2D eigenvalue weighted by molar-refractivity contribution is -0.120. The van der Waals surface area contributed by atoms with Gasteiger partial charge >= 0.3 is 0 Å². The van der Waals surface area contributed by atoms with E-state index in [0.717, 1.165) is 30.9 Å². The summed E-state index contributed by atoms with van der Waals surface area (Å²) in [4.78, 5) is 10.5. The topological polar surface area (TPSA) is 17.1 Å². The van der Waals surface area contributed by atoms with Crippen LogP contribution in [0, 0.1) is 0 Å². The van der Waals surface area contributed by atoms with Crippen LogP contribution in [0.1, 0.15) is 64.2 Å². The second-order valence-corrected chi connectivity index (χ2v) is 5.12. The lowest BCUT2D eigenvalue weighted by atomic mass is 10.00. The molecule has 0 bridgehead atoms. The largest absolute Gasteiger partial charge is 0.300 e. The fourth-order valence-electron chi connectivity index (χ4n) is 2.03. The molecule has 2 rings (SSSR count). The van der Waals surface area contributed by atoms with E-state index in [1.165, 1.54) is 38.5 Å². The van der Waals surface area contributed by atoms with E-state index in [-0.39, 0.29) is 0 Å². The van der Waals surface area contributed by atoms with Crippen molar-refractivity contribution in [3.05, 3.63) is 0 Å². The quantitative estimate of drug-likeness (QED) is 0.607. The molecule has 0 aromatic heterocycles. The van der Waals surface area contributed by atoms with Crippen LogP contribution in [0.4, 0.5) is 0 Å². The van der Waals surface area contributed by atoms with E-state index < -0.39 is 0 Å². The summed E-state index contributed by atoms with van der Waals surface area (Å²) in [5.74, 6) is 0.464. The van der Waals surface area contributed by atoms with Crippen molar-refractivity contribution in [2.45, 2.75) is 69.5 Å². The Morgan fingerprint density at radius 3 is 1.64 bits per heavy atom. The molecule has 0 heterocycles. The molecule has 0 unspecified atom stereocenters. The Hall–Kier alpha value is 0.0200. The van der Waals surface area contributed by atoms with Gasteiger partial charge in [0.25, 0.3) is 0 Å². The Morgan fingerprint density at radius 1 is 0.857 bits per heavy atom. The molecule has 0 amide bonds. The van der Waals surface area contributed by atoms with E-state index in [2.05, 4.69) is 12.6 Å². The third-order valence-corrected chi connectivity index (χ3v) is 3.50. The van der Waals surface area contributed by atoms with Gasteiger partial charge in [-0.15, -0.1) is 0 Å². The molecule has 2 saturated carbocycles. The first kappa shape index (κ1) is 12.1. The highest BCUT2D eigenvalue weighted by atomic mass is 32.1. The van der Waals surface area contributed by atoms with Gasteiger partial charge in [0.15, 0.2) is 0 Å². The number of rotatable bonds is 0. The molecule has 0 spiro atoms. The van der Waals surface area contributed by atoms with E-state index in [9.17, 15) is 4.79 Å². The summed E-state index contributed by atoms with van der Waals surface area (Å²) in [6, 6.07) is 0. The fourth-order valence-corrected chi connectivity index (χ4v) is 2.39. The maximum Gasteiger partial charge on any atom is 0.132 e. The van der Waals surface area contributed by atoms with Crippen molar-refractivity contribution >= 4 is 18.4 Å². The van der Waals surface area contributed by atoms with Crippen LogP contribution in [-0.4, -0.2) is 11.0 Å². The molecule has 2 heteroatoms. The van der Waals surface area contributed by atoms with Gasteiger partial charge in [-0.05, 0) is 25.7 Å². The Labute approximate surface area is 93.1 Å². The summed E-state index contributed by atoms with van der Waals surface area (Å²) in [6.07, 6.45) is 12.2. The van der Waals surface area contributed by atoms with Crippen LogP contribution in [-0.2, 0) is 4.79 Å². The van der Waals surface area contributed by atoms with Gasteiger partial charge in [0.1, 0.15) is 5.78 Å². The Morgan fingerprint density at radius 2 is 1.36 bits per heavy atom. The lowest BCUT2D eigenvalue weighted by Crippen LogP contribution is -2.03. The van der Waals surface area contributed by atoms with Crippen molar-refractivity contribution in [1.29, 1.82) is 0 Å². The third-order valence-electron chi connectivity index (χ3n) is 2.99. The van der Waals surface area contributed by atoms with Crippen molar-refractivity contribution in [3.8, 4) is 0 Å². The van der Waals surface area contributed by atoms with E-state index in [4.69, 9.17) is 0 Å². The minimum absolute atomic E-state index is 0.464. The summed E-state index contributed by atoms with van der Waals surface area (Å²) in [5, 5.41) is 0.730. The summed E-state index contributed by atoms with van der Waals surface area (Å²) in [6.45, 7) is 0. The number of ketones is 1. The Balaban J connectivity index is 0.000000140. The van der Waals surface area contributed by atoms with E-state index >= 15 is 0 Å². The van der Waals surface area contributed by atoms with Crippen molar-refractivity contribution in [1.82, 2.24) is 0 Å². The van der Waals surface area contributed by atoms with Crippen molar-refractivity contribution in [3.63, 3.8) is 0 Å². The number of hydrogen-bond acceptors (Lipinski definition) is 2. The smallest absolute Gasteiger partial charge is 0.132 e. The van der Waals surface area contributed by atoms with Crippen LogP contribution in [0.3, 0.4) is 0 Å². The second-order valence-electron chi connectivity index (χ2n) is 4.39. The number of carbonyl (C=O) groups excluding carboxylic acids is 1. The summed E-state index contributed by atoms with van der Waals surface area (Å²) >= 11 is 4.36. The van der Waals surface area contributed by atoms with Crippen LogP contribution >= 0.6 is 12.6 Å². The lowest BCUT2D eigenvalue weighted by Gasteiger charge is -2.14. The first-order chi connectivity index (χ1) is 6.79. The maximum atomic E-state index is 10.5. The molecule has 14 heavy (non-hydrogen) atoms. The molecule has 0 aliphatic heterocycles. The van der Waals surface area contributed by atoms with Gasteiger partial charge in [-0.3, -0.25) is 4.79 Å². The summed E-state index contributed by atoms with van der Waals surface area (Å²) in [7, 11) is 0. The standard InChI is InChI=1S/C6H10O.C6H12S/c2*7-6-4-2-1-3-5-6/h1-5H2;6-7H,1-5H2. The molecule has 0 radical (unpaired) electrons. The first-order valence-corrected chi connectivity index (χ1v) is 6.50. The first-order valence-electron chi connectivity index (χ1n) is 5.99. The highest BCUT2D eigenvalue weighted by Crippen LogP contribution is 2.21. The molecule has 0 aromatic carbocycles. The highest BCUT2D eigenvalue weighted by Gasteiger charge is 2.07. The monoisotopic (exact) mass is 214 g/mol. The van der Waals surface area contributed by atoms with Gasteiger partial charge in [-0.2, -0.15) is 12.6 Å². The second kappa shape index (κ2) is 7.33. The van der Waals surface area contributed by atoms with Gasteiger partial charge in [0.2, 0.25) is 0 Å². The Kier molecular flexibility index (Phi) is 6.33. The van der Waals surface area contributed by atoms with Crippen LogP contribution in [0.2, 0.25) is 0 Å². The van der Waals surface area contributed by atoms with Gasteiger partial charge in [-0.25, -0.2) is 0 Å². The molecule has 2 aliphatic rings. The van der Waals surface area contributed by atoms with E-state index in [0.29, 0.717) is 5.78 Å². The zero-order chi connectivity index (χ0) is 10.2.